The highest BCUT2D eigenvalue weighted by Crippen LogP contribution is 2.33. The number of thioether (sulfide) groups is 1. The second kappa shape index (κ2) is 5.04. The summed E-state index contributed by atoms with van der Waals surface area (Å²) in [5.41, 5.74) is 7.48. The molecule has 1 unspecified atom stereocenters. The Morgan fingerprint density at radius 2 is 2.00 bits per heavy atom. The molecule has 0 radical (unpaired) electrons. The van der Waals surface area contributed by atoms with Gasteiger partial charge in [-0.25, -0.2) is 0 Å². The lowest BCUT2D eigenvalue weighted by Gasteiger charge is -2.28. The predicted molar refractivity (Wildman–Crippen MR) is 67.1 cm³/mol. The Morgan fingerprint density at radius 3 is 2.47 bits per heavy atom. The van der Waals surface area contributed by atoms with Gasteiger partial charge >= 0.3 is 0 Å². The van der Waals surface area contributed by atoms with Gasteiger partial charge in [0.05, 0.1) is 0 Å². The zero-order valence-corrected chi connectivity index (χ0v) is 10.1. The molecule has 0 heterocycles. The van der Waals surface area contributed by atoms with Gasteiger partial charge in [-0.3, -0.25) is 0 Å². The molecule has 2 N–H and O–H groups in total. The summed E-state index contributed by atoms with van der Waals surface area (Å²) in [4.78, 5) is 1.31. The van der Waals surface area contributed by atoms with Gasteiger partial charge < -0.3 is 5.73 Å². The van der Waals surface area contributed by atoms with E-state index in [-0.39, 0.29) is 6.04 Å². The lowest BCUT2D eigenvalue weighted by atomic mass is 9.80. The molecule has 1 saturated carbocycles. The summed E-state index contributed by atoms with van der Waals surface area (Å²) < 4.78 is 0. The summed E-state index contributed by atoms with van der Waals surface area (Å²) >= 11 is 1.78. The molecular weight excluding hydrogens is 202 g/mol. The van der Waals surface area contributed by atoms with Crippen molar-refractivity contribution in [3.63, 3.8) is 0 Å². The quantitative estimate of drug-likeness (QED) is 0.786. The van der Waals surface area contributed by atoms with Gasteiger partial charge in [-0.05, 0) is 36.3 Å². The van der Waals surface area contributed by atoms with E-state index in [4.69, 9.17) is 5.73 Å². The Bertz CT molecular complexity index is 303. The van der Waals surface area contributed by atoms with E-state index in [9.17, 15) is 0 Å². The van der Waals surface area contributed by atoms with Crippen LogP contribution >= 0.6 is 11.8 Å². The maximum Gasteiger partial charge on any atom is 0.0297 e. The Labute approximate surface area is 96.4 Å². The van der Waals surface area contributed by atoms with Crippen molar-refractivity contribution in [2.45, 2.75) is 36.6 Å². The molecule has 0 saturated heterocycles. The maximum absolute atomic E-state index is 6.19. The average Bonchev–Trinajstić information content (AvgIpc) is 2.23. The molecule has 2 heteroatoms. The minimum atomic E-state index is 0.242. The van der Waals surface area contributed by atoms with Crippen LogP contribution in [0.4, 0.5) is 0 Å². The van der Waals surface area contributed by atoms with E-state index in [1.165, 1.54) is 36.1 Å². The van der Waals surface area contributed by atoms with Crippen molar-refractivity contribution in [1.29, 1.82) is 0 Å². The Hall–Kier alpha value is -0.470. The molecule has 0 bridgehead atoms. The van der Waals surface area contributed by atoms with Crippen LogP contribution in [-0.2, 0) is 0 Å². The van der Waals surface area contributed by atoms with Crippen molar-refractivity contribution < 1.29 is 0 Å². The molecule has 1 aromatic rings. The fourth-order valence-corrected chi connectivity index (χ4v) is 2.48. The fraction of sp³-hybridized carbons (Fsp3) is 0.538. The van der Waals surface area contributed by atoms with Gasteiger partial charge in [-0.15, -0.1) is 11.8 Å². The molecule has 0 spiro atoms. The number of rotatable bonds is 4. The number of nitrogens with two attached hydrogens (primary N) is 1. The fourth-order valence-electron chi connectivity index (χ4n) is 2.07. The molecule has 0 aliphatic heterocycles. The van der Waals surface area contributed by atoms with E-state index in [0.29, 0.717) is 0 Å². The molecule has 82 valence electrons. The predicted octanol–water partition coefficient (Wildman–Crippen LogP) is 3.60. The Kier molecular flexibility index (Phi) is 3.71. The van der Waals surface area contributed by atoms with Crippen LogP contribution in [0.1, 0.15) is 37.3 Å². The van der Waals surface area contributed by atoms with E-state index in [1.807, 2.05) is 0 Å². The third-order valence-corrected chi connectivity index (χ3v) is 4.10. The van der Waals surface area contributed by atoms with Crippen molar-refractivity contribution >= 4 is 11.8 Å². The lowest BCUT2D eigenvalue weighted by molar-refractivity contribution is 0.277. The van der Waals surface area contributed by atoms with Gasteiger partial charge in [0.25, 0.3) is 0 Å². The molecule has 1 aromatic carbocycles. The largest absolute Gasteiger partial charge is 0.324 e. The molecule has 1 aliphatic carbocycles. The summed E-state index contributed by atoms with van der Waals surface area (Å²) in [6, 6.07) is 8.93. The maximum atomic E-state index is 6.19. The second-order valence-corrected chi connectivity index (χ2v) is 5.29. The average molecular weight is 221 g/mol. The van der Waals surface area contributed by atoms with Crippen molar-refractivity contribution in [3.05, 3.63) is 29.8 Å². The van der Waals surface area contributed by atoms with Crippen LogP contribution in [0.2, 0.25) is 0 Å². The second-order valence-electron chi connectivity index (χ2n) is 4.41. The molecule has 0 amide bonds. The highest BCUT2D eigenvalue weighted by molar-refractivity contribution is 7.98. The standard InChI is InChI=1S/C13H19NS/c1-15-12-7-5-11(6-8-12)13(14)9-10-3-2-4-10/h5-8,10,13H,2-4,9,14H2,1H3. The number of benzene rings is 1. The van der Waals surface area contributed by atoms with Crippen LogP contribution < -0.4 is 5.73 Å². The van der Waals surface area contributed by atoms with Crippen molar-refractivity contribution in [1.82, 2.24) is 0 Å². The number of hydrogen-bond acceptors (Lipinski definition) is 2. The van der Waals surface area contributed by atoms with Crippen LogP contribution in [-0.4, -0.2) is 6.26 Å². The SMILES string of the molecule is CSc1ccc(C(N)CC2CCC2)cc1. The van der Waals surface area contributed by atoms with E-state index < -0.39 is 0 Å². The van der Waals surface area contributed by atoms with Crippen LogP contribution in [0.5, 0.6) is 0 Å². The first-order valence-electron chi connectivity index (χ1n) is 5.69. The molecule has 1 fully saturated rings. The summed E-state index contributed by atoms with van der Waals surface area (Å²) in [6.07, 6.45) is 7.44. The minimum Gasteiger partial charge on any atom is -0.324 e. The topological polar surface area (TPSA) is 26.0 Å². The van der Waals surface area contributed by atoms with E-state index >= 15 is 0 Å². The smallest absolute Gasteiger partial charge is 0.0297 e. The van der Waals surface area contributed by atoms with Gasteiger partial charge in [0.2, 0.25) is 0 Å². The molecule has 1 nitrogen and oxygen atoms in total. The summed E-state index contributed by atoms with van der Waals surface area (Å²) in [6.45, 7) is 0. The van der Waals surface area contributed by atoms with E-state index in [1.54, 1.807) is 11.8 Å². The van der Waals surface area contributed by atoms with Gasteiger partial charge in [-0.1, -0.05) is 31.4 Å². The van der Waals surface area contributed by atoms with Crippen LogP contribution in [0, 0.1) is 5.92 Å². The Morgan fingerprint density at radius 1 is 1.33 bits per heavy atom. The van der Waals surface area contributed by atoms with Crippen molar-refractivity contribution in [2.24, 2.45) is 11.7 Å². The van der Waals surface area contributed by atoms with E-state index in [0.717, 1.165) is 5.92 Å². The first kappa shape index (κ1) is 11.0. The Balaban J connectivity index is 1.94. The zero-order chi connectivity index (χ0) is 10.7. The van der Waals surface area contributed by atoms with Crippen LogP contribution in [0.15, 0.2) is 29.2 Å². The summed E-state index contributed by atoms with van der Waals surface area (Å²) in [5.74, 6) is 0.889. The monoisotopic (exact) mass is 221 g/mol. The summed E-state index contributed by atoms with van der Waals surface area (Å²) in [7, 11) is 0. The first-order valence-corrected chi connectivity index (χ1v) is 6.91. The highest BCUT2D eigenvalue weighted by atomic mass is 32.2. The molecule has 1 atom stereocenters. The minimum absolute atomic E-state index is 0.242. The van der Waals surface area contributed by atoms with Crippen LogP contribution in [0.3, 0.4) is 0 Å². The third kappa shape index (κ3) is 2.76. The molecule has 15 heavy (non-hydrogen) atoms. The van der Waals surface area contributed by atoms with Gasteiger partial charge in [-0.2, -0.15) is 0 Å². The number of hydrogen-bond donors (Lipinski definition) is 1. The summed E-state index contributed by atoms with van der Waals surface area (Å²) in [5, 5.41) is 0. The van der Waals surface area contributed by atoms with Gasteiger partial charge in [0.15, 0.2) is 0 Å². The normalized spacial score (nSPS) is 18.5. The zero-order valence-electron chi connectivity index (χ0n) is 9.28. The molecule has 2 rings (SSSR count). The third-order valence-electron chi connectivity index (χ3n) is 3.36. The molecular formula is C13H19NS. The molecule has 1 aliphatic rings. The highest BCUT2D eigenvalue weighted by Gasteiger charge is 2.20. The van der Waals surface area contributed by atoms with Crippen molar-refractivity contribution in [3.8, 4) is 0 Å². The van der Waals surface area contributed by atoms with Crippen LogP contribution in [0.25, 0.3) is 0 Å². The van der Waals surface area contributed by atoms with Gasteiger partial charge in [0, 0.05) is 10.9 Å². The molecule has 0 aromatic heterocycles. The van der Waals surface area contributed by atoms with Crippen molar-refractivity contribution in [2.75, 3.05) is 6.26 Å². The van der Waals surface area contributed by atoms with Gasteiger partial charge in [0.1, 0.15) is 0 Å². The van der Waals surface area contributed by atoms with E-state index in [2.05, 4.69) is 30.5 Å². The first-order chi connectivity index (χ1) is 7.29. The lowest BCUT2D eigenvalue weighted by Crippen LogP contribution is -2.19.